The van der Waals surface area contributed by atoms with Crippen molar-refractivity contribution >= 4 is 23.0 Å². The molecule has 4 rings (SSSR count). The minimum absolute atomic E-state index is 0.170. The minimum atomic E-state index is -0.336. The van der Waals surface area contributed by atoms with E-state index < -0.39 is 0 Å². The van der Waals surface area contributed by atoms with Crippen molar-refractivity contribution in [3.63, 3.8) is 0 Å². The summed E-state index contributed by atoms with van der Waals surface area (Å²) in [5.74, 6) is 1.02. The van der Waals surface area contributed by atoms with Gasteiger partial charge in [-0.3, -0.25) is 4.79 Å². The van der Waals surface area contributed by atoms with Gasteiger partial charge in [-0.1, -0.05) is 36.4 Å². The van der Waals surface area contributed by atoms with Gasteiger partial charge >= 0.3 is 0 Å². The highest BCUT2D eigenvalue weighted by Gasteiger charge is 2.26. The summed E-state index contributed by atoms with van der Waals surface area (Å²) in [5.41, 5.74) is 3.47. The summed E-state index contributed by atoms with van der Waals surface area (Å²) in [6.45, 7) is 6.58. The fourth-order valence-electron chi connectivity index (χ4n) is 3.64. The van der Waals surface area contributed by atoms with Crippen molar-refractivity contribution in [2.75, 3.05) is 6.54 Å². The zero-order valence-electron chi connectivity index (χ0n) is 16.5. The molecular formula is C24H25NO3. The van der Waals surface area contributed by atoms with E-state index in [0.29, 0.717) is 17.9 Å². The Labute approximate surface area is 165 Å². The zero-order valence-corrected chi connectivity index (χ0v) is 16.5. The van der Waals surface area contributed by atoms with Gasteiger partial charge in [0.2, 0.25) is 0 Å². The molecule has 0 unspecified atom stereocenters. The summed E-state index contributed by atoms with van der Waals surface area (Å²) in [4.78, 5) is 12.7. The van der Waals surface area contributed by atoms with Gasteiger partial charge in [0.25, 0.3) is 5.91 Å². The largest absolute Gasteiger partial charge is 0.483 e. The topological polar surface area (TPSA) is 51.5 Å². The molecule has 1 amide bonds. The first kappa shape index (κ1) is 18.4. The maximum absolute atomic E-state index is 12.7. The summed E-state index contributed by atoms with van der Waals surface area (Å²) in [7, 11) is 0. The van der Waals surface area contributed by atoms with Gasteiger partial charge in [0.15, 0.2) is 5.76 Å². The molecule has 1 aliphatic heterocycles. The van der Waals surface area contributed by atoms with E-state index in [4.69, 9.17) is 9.15 Å². The van der Waals surface area contributed by atoms with Crippen molar-refractivity contribution in [1.29, 1.82) is 0 Å². The highest BCUT2D eigenvalue weighted by Crippen LogP contribution is 2.39. The van der Waals surface area contributed by atoms with Crippen molar-refractivity contribution in [2.45, 2.75) is 39.2 Å². The normalized spacial score (nSPS) is 14.5. The van der Waals surface area contributed by atoms with Crippen molar-refractivity contribution in [3.8, 4) is 5.75 Å². The molecule has 2 aromatic carbocycles. The highest BCUT2D eigenvalue weighted by molar-refractivity contribution is 6.02. The quantitative estimate of drug-likeness (QED) is 0.617. The Hall–Kier alpha value is -3.01. The van der Waals surface area contributed by atoms with Gasteiger partial charge in [0.1, 0.15) is 16.9 Å². The first-order valence-electron chi connectivity index (χ1n) is 9.71. The number of aryl methyl sites for hydroxylation is 2. The van der Waals surface area contributed by atoms with E-state index >= 15 is 0 Å². The number of rotatable bonds is 5. The lowest BCUT2D eigenvalue weighted by molar-refractivity contribution is 0.0927. The molecule has 0 bridgehead atoms. The standard InChI is InChI=1S/C24H25NO3/c1-16-21-18-13-14-24(2,3)28-19(18)11-12-20(21)27-22(16)23(26)25-15-7-10-17-8-5-4-6-9-17/h4-6,8-9,11-14H,7,10,15H2,1-3H3,(H,25,26). The molecule has 3 aromatic rings. The Kier molecular flexibility index (Phi) is 4.71. The van der Waals surface area contributed by atoms with Crippen molar-refractivity contribution in [3.05, 3.63) is 71.0 Å². The second-order valence-corrected chi connectivity index (χ2v) is 7.79. The molecule has 0 atom stereocenters. The lowest BCUT2D eigenvalue weighted by atomic mass is 9.98. The molecule has 4 heteroatoms. The number of hydrogen-bond donors (Lipinski definition) is 1. The van der Waals surface area contributed by atoms with Gasteiger partial charge in [-0.05, 0) is 57.4 Å². The molecule has 0 aliphatic carbocycles. The summed E-state index contributed by atoms with van der Waals surface area (Å²) in [5, 5.41) is 3.93. The number of furan rings is 1. The van der Waals surface area contributed by atoms with E-state index in [2.05, 4.69) is 23.5 Å². The maximum atomic E-state index is 12.7. The molecule has 1 aliphatic rings. The third-order valence-corrected chi connectivity index (χ3v) is 5.10. The first-order chi connectivity index (χ1) is 13.4. The van der Waals surface area contributed by atoms with E-state index in [0.717, 1.165) is 35.1 Å². The van der Waals surface area contributed by atoms with Crippen LogP contribution in [0, 0.1) is 6.92 Å². The molecule has 0 radical (unpaired) electrons. The number of amides is 1. The van der Waals surface area contributed by atoms with Gasteiger partial charge in [-0.25, -0.2) is 0 Å². The maximum Gasteiger partial charge on any atom is 0.287 e. The second-order valence-electron chi connectivity index (χ2n) is 7.79. The number of benzene rings is 2. The molecule has 4 nitrogen and oxygen atoms in total. The SMILES string of the molecule is Cc1c(C(=O)NCCCc2ccccc2)oc2ccc3c(c12)C=CC(C)(C)O3. The summed E-state index contributed by atoms with van der Waals surface area (Å²) >= 11 is 0. The van der Waals surface area contributed by atoms with E-state index in [1.807, 2.05) is 57.2 Å². The van der Waals surface area contributed by atoms with Crippen LogP contribution in [0.25, 0.3) is 17.0 Å². The fraction of sp³-hybridized carbons (Fsp3) is 0.292. The third kappa shape index (κ3) is 3.55. The van der Waals surface area contributed by atoms with Crippen molar-refractivity contribution in [1.82, 2.24) is 5.32 Å². The van der Waals surface area contributed by atoms with E-state index in [1.165, 1.54) is 5.56 Å². The summed E-state index contributed by atoms with van der Waals surface area (Å²) in [6, 6.07) is 14.1. The predicted molar refractivity (Wildman–Crippen MR) is 112 cm³/mol. The van der Waals surface area contributed by atoms with E-state index in [9.17, 15) is 4.79 Å². The van der Waals surface area contributed by atoms with Gasteiger partial charge in [0, 0.05) is 23.1 Å². The van der Waals surface area contributed by atoms with Crippen LogP contribution in [0.5, 0.6) is 5.75 Å². The molecule has 28 heavy (non-hydrogen) atoms. The van der Waals surface area contributed by atoms with Crippen LogP contribution in [0.1, 0.15) is 47.5 Å². The lowest BCUT2D eigenvalue weighted by Crippen LogP contribution is -2.27. The summed E-state index contributed by atoms with van der Waals surface area (Å²) < 4.78 is 11.9. The smallest absolute Gasteiger partial charge is 0.287 e. The monoisotopic (exact) mass is 375 g/mol. The Balaban J connectivity index is 1.50. The van der Waals surface area contributed by atoms with Crippen molar-refractivity contribution in [2.24, 2.45) is 0 Å². The molecule has 0 saturated carbocycles. The number of hydrogen-bond acceptors (Lipinski definition) is 3. The fourth-order valence-corrected chi connectivity index (χ4v) is 3.64. The molecule has 1 N–H and O–H groups in total. The van der Waals surface area contributed by atoms with Crippen LogP contribution in [0.15, 0.2) is 53.0 Å². The van der Waals surface area contributed by atoms with Crippen LogP contribution in [-0.2, 0) is 6.42 Å². The Morgan fingerprint density at radius 1 is 1.11 bits per heavy atom. The Bertz CT molecular complexity index is 1040. The zero-order chi connectivity index (χ0) is 19.7. The number of ether oxygens (including phenoxy) is 1. The minimum Gasteiger partial charge on any atom is -0.483 e. The molecule has 0 saturated heterocycles. The van der Waals surface area contributed by atoms with Crippen LogP contribution in [-0.4, -0.2) is 18.1 Å². The van der Waals surface area contributed by atoms with E-state index in [-0.39, 0.29) is 11.5 Å². The Morgan fingerprint density at radius 3 is 2.68 bits per heavy atom. The average molecular weight is 375 g/mol. The summed E-state index contributed by atoms with van der Waals surface area (Å²) in [6.07, 6.45) is 5.91. The van der Waals surface area contributed by atoms with Crippen molar-refractivity contribution < 1.29 is 13.9 Å². The van der Waals surface area contributed by atoms with Crippen LogP contribution in [0.2, 0.25) is 0 Å². The number of fused-ring (bicyclic) bond motifs is 3. The van der Waals surface area contributed by atoms with Gasteiger partial charge in [-0.15, -0.1) is 0 Å². The van der Waals surface area contributed by atoms with Gasteiger partial charge in [0.05, 0.1) is 0 Å². The van der Waals surface area contributed by atoms with E-state index in [1.54, 1.807) is 0 Å². The van der Waals surface area contributed by atoms with Crippen LogP contribution < -0.4 is 10.1 Å². The first-order valence-corrected chi connectivity index (χ1v) is 9.71. The highest BCUT2D eigenvalue weighted by atomic mass is 16.5. The number of nitrogens with one attached hydrogen (secondary N) is 1. The van der Waals surface area contributed by atoms with Crippen LogP contribution in [0.4, 0.5) is 0 Å². The van der Waals surface area contributed by atoms with Gasteiger partial charge in [-0.2, -0.15) is 0 Å². The molecule has 0 spiro atoms. The molecule has 0 fully saturated rings. The predicted octanol–water partition coefficient (Wildman–Crippen LogP) is 5.29. The molecule has 1 aromatic heterocycles. The lowest BCUT2D eigenvalue weighted by Gasteiger charge is -2.28. The molecule has 2 heterocycles. The number of carbonyl (C=O) groups excluding carboxylic acids is 1. The van der Waals surface area contributed by atoms with Crippen LogP contribution >= 0.6 is 0 Å². The second kappa shape index (κ2) is 7.19. The molecule has 144 valence electrons. The third-order valence-electron chi connectivity index (χ3n) is 5.10. The number of carbonyl (C=O) groups is 1. The Morgan fingerprint density at radius 2 is 1.89 bits per heavy atom. The van der Waals surface area contributed by atoms with Crippen LogP contribution in [0.3, 0.4) is 0 Å². The van der Waals surface area contributed by atoms with Gasteiger partial charge < -0.3 is 14.5 Å². The average Bonchev–Trinajstić information content (AvgIpc) is 3.02. The molecular weight excluding hydrogens is 350 g/mol.